The van der Waals surface area contributed by atoms with E-state index in [0.29, 0.717) is 30.7 Å². The minimum absolute atomic E-state index is 0.208. The lowest BCUT2D eigenvalue weighted by atomic mass is 9.99. The summed E-state index contributed by atoms with van der Waals surface area (Å²) in [6, 6.07) is 16.2. The average molecular weight is 606 g/mol. The monoisotopic (exact) mass is 605 g/mol. The smallest absolute Gasteiger partial charge is 0.248 e. The number of nitrogens with two attached hydrogens (primary N) is 1. The Kier molecular flexibility index (Phi) is 8.99. The maximum absolute atomic E-state index is 12.3. The minimum Gasteiger partial charge on any atom is -0.381 e. The second-order valence-electron chi connectivity index (χ2n) is 11.6. The largest absolute Gasteiger partial charge is 0.381 e. The van der Waals surface area contributed by atoms with Crippen molar-refractivity contribution < 1.29 is 9.53 Å². The van der Waals surface area contributed by atoms with E-state index in [2.05, 4.69) is 46.6 Å². The summed E-state index contributed by atoms with van der Waals surface area (Å²) in [4.78, 5) is 29.2. The lowest BCUT2D eigenvalue weighted by Gasteiger charge is -2.30. The first kappa shape index (κ1) is 30.2. The van der Waals surface area contributed by atoms with Crippen molar-refractivity contribution in [1.29, 1.82) is 0 Å². The van der Waals surface area contributed by atoms with Gasteiger partial charge >= 0.3 is 0 Å². The van der Waals surface area contributed by atoms with Gasteiger partial charge < -0.3 is 26.0 Å². The lowest BCUT2D eigenvalue weighted by Crippen LogP contribution is -2.40. The van der Waals surface area contributed by atoms with Crippen molar-refractivity contribution in [2.24, 2.45) is 5.73 Å². The van der Waals surface area contributed by atoms with Gasteiger partial charge in [0.15, 0.2) is 5.65 Å². The molecule has 0 atom stereocenters. The molecule has 0 aliphatic carbocycles. The van der Waals surface area contributed by atoms with Crippen LogP contribution in [0.15, 0.2) is 73.1 Å². The fraction of sp³-hybridized carbons (Fsp3) is 0.324. The van der Waals surface area contributed by atoms with Crippen LogP contribution >= 0.6 is 0 Å². The van der Waals surface area contributed by atoms with Crippen LogP contribution in [0.2, 0.25) is 0 Å². The van der Waals surface area contributed by atoms with Crippen LogP contribution in [0.5, 0.6) is 0 Å². The molecule has 4 heterocycles. The normalized spacial score (nSPS) is 14.2. The standard InChI is InChI=1S/C34H39N9O2/c1-22(2)29-21-38-43-32(29)40-34(42-16-13-25(35)14-17-42)41-33(43)37-20-24-7-4-5-8-27(24)31-28-11-10-26(19-23(28)12-15-36-31)39-30(44)9-6-18-45-3/h4-12,15,19,21-22,25H,13-14,16-18,20,35H2,1-3H3,(H,39,44)(H,37,40,41)/b9-6+. The molecule has 6 rings (SSSR count). The van der Waals surface area contributed by atoms with Crippen molar-refractivity contribution in [2.75, 3.05) is 42.3 Å². The average Bonchev–Trinajstić information content (AvgIpc) is 3.49. The van der Waals surface area contributed by atoms with E-state index in [9.17, 15) is 4.79 Å². The molecule has 45 heavy (non-hydrogen) atoms. The molecule has 0 unspecified atom stereocenters. The number of methoxy groups -OCH3 is 1. The topological polar surface area (TPSA) is 136 Å². The Morgan fingerprint density at radius 3 is 2.76 bits per heavy atom. The van der Waals surface area contributed by atoms with Gasteiger partial charge in [-0.2, -0.15) is 19.6 Å². The zero-order valence-electron chi connectivity index (χ0n) is 25.9. The van der Waals surface area contributed by atoms with Gasteiger partial charge in [-0.05, 0) is 47.9 Å². The predicted octanol–water partition coefficient (Wildman–Crippen LogP) is 5.14. The summed E-state index contributed by atoms with van der Waals surface area (Å²) in [5.41, 5.74) is 11.7. The highest BCUT2D eigenvalue weighted by atomic mass is 16.5. The van der Waals surface area contributed by atoms with E-state index in [1.807, 2.05) is 42.6 Å². The Labute approximate surface area is 262 Å². The number of pyridine rings is 1. The molecule has 5 aromatic rings. The van der Waals surface area contributed by atoms with Gasteiger partial charge in [-0.1, -0.05) is 50.3 Å². The second kappa shape index (κ2) is 13.4. The van der Waals surface area contributed by atoms with Crippen molar-refractivity contribution in [2.45, 2.75) is 45.2 Å². The van der Waals surface area contributed by atoms with E-state index in [1.54, 1.807) is 23.9 Å². The third-order valence-electron chi connectivity index (χ3n) is 8.10. The van der Waals surface area contributed by atoms with E-state index in [-0.39, 0.29) is 17.9 Å². The van der Waals surface area contributed by atoms with Gasteiger partial charge in [-0.15, -0.1) is 0 Å². The first-order chi connectivity index (χ1) is 21.9. The molecule has 1 aliphatic heterocycles. The van der Waals surface area contributed by atoms with E-state index >= 15 is 0 Å². The SMILES string of the molecule is COC/C=C/C(=O)Nc1ccc2c(-c3ccccc3CNc3nc(N4CCC(N)CC4)nc4c(C(C)C)cnn34)nccc2c1. The highest BCUT2D eigenvalue weighted by Crippen LogP contribution is 2.31. The Morgan fingerprint density at radius 2 is 1.96 bits per heavy atom. The number of nitrogens with zero attached hydrogens (tertiary/aromatic N) is 6. The molecule has 3 aromatic heterocycles. The zero-order valence-corrected chi connectivity index (χ0v) is 25.9. The molecule has 1 amide bonds. The number of piperidine rings is 1. The van der Waals surface area contributed by atoms with Crippen molar-refractivity contribution in [3.8, 4) is 11.3 Å². The number of carbonyl (C=O) groups is 1. The van der Waals surface area contributed by atoms with E-state index < -0.39 is 0 Å². The molecule has 0 spiro atoms. The summed E-state index contributed by atoms with van der Waals surface area (Å²) >= 11 is 0. The molecule has 2 aromatic carbocycles. The van der Waals surface area contributed by atoms with Crippen molar-refractivity contribution >= 4 is 39.9 Å². The Balaban J connectivity index is 1.30. The molecule has 11 nitrogen and oxygen atoms in total. The van der Waals surface area contributed by atoms with Crippen LogP contribution in [0.25, 0.3) is 27.7 Å². The third-order valence-corrected chi connectivity index (χ3v) is 8.10. The van der Waals surface area contributed by atoms with Crippen LogP contribution < -0.4 is 21.3 Å². The first-order valence-electron chi connectivity index (χ1n) is 15.3. The maximum Gasteiger partial charge on any atom is 0.248 e. The number of ether oxygens (including phenoxy) is 1. The molecule has 0 radical (unpaired) electrons. The fourth-order valence-electron chi connectivity index (χ4n) is 5.63. The van der Waals surface area contributed by atoms with Crippen LogP contribution in [0, 0.1) is 0 Å². The summed E-state index contributed by atoms with van der Waals surface area (Å²) in [6.07, 6.45) is 8.66. The molecule has 0 bridgehead atoms. The Hall–Kier alpha value is -4.87. The Morgan fingerprint density at radius 1 is 1.13 bits per heavy atom. The molecule has 232 valence electrons. The number of anilines is 3. The highest BCUT2D eigenvalue weighted by Gasteiger charge is 2.22. The van der Waals surface area contributed by atoms with Gasteiger partial charge in [-0.3, -0.25) is 9.78 Å². The van der Waals surface area contributed by atoms with Crippen LogP contribution in [0.1, 0.15) is 43.7 Å². The van der Waals surface area contributed by atoms with E-state index in [1.165, 1.54) is 6.08 Å². The van der Waals surface area contributed by atoms with Gasteiger partial charge in [0.25, 0.3) is 0 Å². The number of aromatic nitrogens is 5. The molecule has 4 N–H and O–H groups in total. The third kappa shape index (κ3) is 6.64. The summed E-state index contributed by atoms with van der Waals surface area (Å²) in [7, 11) is 1.59. The fourth-order valence-corrected chi connectivity index (χ4v) is 5.63. The lowest BCUT2D eigenvalue weighted by molar-refractivity contribution is -0.111. The highest BCUT2D eigenvalue weighted by molar-refractivity contribution is 6.02. The van der Waals surface area contributed by atoms with Gasteiger partial charge in [0.1, 0.15) is 0 Å². The number of carbonyl (C=O) groups excluding carboxylic acids is 1. The molecule has 0 saturated carbocycles. The predicted molar refractivity (Wildman–Crippen MR) is 178 cm³/mol. The number of fused-ring (bicyclic) bond motifs is 2. The summed E-state index contributed by atoms with van der Waals surface area (Å²) in [6.45, 7) is 6.84. The van der Waals surface area contributed by atoms with Crippen molar-refractivity contribution in [3.63, 3.8) is 0 Å². The van der Waals surface area contributed by atoms with Gasteiger partial charge in [0.2, 0.25) is 17.8 Å². The maximum atomic E-state index is 12.3. The Bertz CT molecular complexity index is 1840. The second-order valence-corrected chi connectivity index (χ2v) is 11.6. The molecular weight excluding hydrogens is 566 g/mol. The molecule has 1 fully saturated rings. The van der Waals surface area contributed by atoms with E-state index in [0.717, 1.165) is 64.7 Å². The number of hydrogen-bond donors (Lipinski definition) is 3. The van der Waals surface area contributed by atoms with Gasteiger partial charge in [-0.25, -0.2) is 0 Å². The molecule has 1 saturated heterocycles. The summed E-state index contributed by atoms with van der Waals surface area (Å²) < 4.78 is 6.77. The van der Waals surface area contributed by atoms with Crippen molar-refractivity contribution in [3.05, 3.63) is 84.2 Å². The summed E-state index contributed by atoms with van der Waals surface area (Å²) in [5.74, 6) is 1.39. The minimum atomic E-state index is -0.208. The van der Waals surface area contributed by atoms with Crippen LogP contribution in [-0.2, 0) is 16.1 Å². The number of hydrogen-bond acceptors (Lipinski definition) is 9. The first-order valence-corrected chi connectivity index (χ1v) is 15.3. The molecule has 11 heteroatoms. The summed E-state index contributed by atoms with van der Waals surface area (Å²) in [5, 5.41) is 13.1. The zero-order chi connectivity index (χ0) is 31.3. The molecular formula is C34H39N9O2. The number of nitrogens with one attached hydrogen (secondary N) is 2. The van der Waals surface area contributed by atoms with Crippen LogP contribution in [0.4, 0.5) is 17.6 Å². The van der Waals surface area contributed by atoms with Gasteiger partial charge in [0.05, 0.1) is 18.5 Å². The number of benzene rings is 2. The van der Waals surface area contributed by atoms with Crippen LogP contribution in [0.3, 0.4) is 0 Å². The van der Waals surface area contributed by atoms with Crippen LogP contribution in [-0.4, -0.2) is 63.3 Å². The van der Waals surface area contributed by atoms with E-state index in [4.69, 9.17) is 25.4 Å². The van der Waals surface area contributed by atoms with Crippen molar-refractivity contribution in [1.82, 2.24) is 24.6 Å². The number of amides is 1. The van der Waals surface area contributed by atoms with Gasteiger partial charge in [0, 0.05) is 67.3 Å². The number of rotatable bonds is 10. The quantitative estimate of drug-likeness (QED) is 0.185. The molecule has 1 aliphatic rings.